The summed E-state index contributed by atoms with van der Waals surface area (Å²) in [6.07, 6.45) is 5.53. The van der Waals surface area contributed by atoms with Gasteiger partial charge in [0.1, 0.15) is 5.78 Å². The average Bonchev–Trinajstić information content (AvgIpc) is 2.99. The molecule has 22 heavy (non-hydrogen) atoms. The molecule has 0 spiro atoms. The van der Waals surface area contributed by atoms with Crippen LogP contribution in [0.5, 0.6) is 0 Å². The molecule has 0 aromatic rings. The van der Waals surface area contributed by atoms with Crippen molar-refractivity contribution in [2.45, 2.75) is 63.2 Å². The Labute approximate surface area is 136 Å². The Morgan fingerprint density at radius 3 is 2.86 bits per heavy atom. The van der Waals surface area contributed by atoms with Crippen LogP contribution in [0.1, 0.15) is 51.9 Å². The summed E-state index contributed by atoms with van der Waals surface area (Å²) in [6.45, 7) is 2.16. The molecule has 6 heteroatoms. The zero-order valence-corrected chi connectivity index (χ0v) is 14.0. The Kier molecular flexibility index (Phi) is 6.73. The van der Waals surface area contributed by atoms with Crippen LogP contribution in [0.2, 0.25) is 0 Å². The predicted octanol–water partition coefficient (Wildman–Crippen LogP) is 1.65. The van der Waals surface area contributed by atoms with Gasteiger partial charge in [0.2, 0.25) is 11.8 Å². The molecule has 0 aromatic carbocycles. The Balaban J connectivity index is 1.51. The lowest BCUT2D eigenvalue weighted by Crippen LogP contribution is -2.29. The number of carbonyl (C=O) groups excluding carboxylic acids is 3. The minimum Gasteiger partial charge on any atom is -0.356 e. The van der Waals surface area contributed by atoms with Crippen molar-refractivity contribution in [3.8, 4) is 0 Å². The van der Waals surface area contributed by atoms with Crippen LogP contribution >= 0.6 is 11.8 Å². The third-order valence-corrected chi connectivity index (χ3v) is 5.99. The highest BCUT2D eigenvalue weighted by atomic mass is 32.2. The molecule has 2 aliphatic rings. The summed E-state index contributed by atoms with van der Waals surface area (Å²) in [5.41, 5.74) is 0. The van der Waals surface area contributed by atoms with Gasteiger partial charge in [0.15, 0.2) is 0 Å². The number of amides is 2. The van der Waals surface area contributed by atoms with Gasteiger partial charge in [-0.1, -0.05) is 6.42 Å². The number of Topliss-reactive ketones (excluding diaryl/α,β-unsaturated/α-hetero) is 1. The highest BCUT2D eigenvalue weighted by molar-refractivity contribution is 8.00. The van der Waals surface area contributed by atoms with Crippen LogP contribution < -0.4 is 10.6 Å². The summed E-state index contributed by atoms with van der Waals surface area (Å²) >= 11 is 1.97. The lowest BCUT2D eigenvalue weighted by molar-refractivity contribution is -0.122. The number of rotatable bonds is 9. The fraction of sp³-hybridized carbons (Fsp3) is 0.812. The first kappa shape index (κ1) is 17.3. The topological polar surface area (TPSA) is 75.3 Å². The van der Waals surface area contributed by atoms with E-state index in [1.807, 2.05) is 11.8 Å². The molecular weight excluding hydrogens is 300 g/mol. The molecule has 124 valence electrons. The second kappa shape index (κ2) is 8.56. The first-order chi connectivity index (χ1) is 10.6. The van der Waals surface area contributed by atoms with E-state index in [0.717, 1.165) is 31.4 Å². The molecule has 0 aromatic heterocycles. The van der Waals surface area contributed by atoms with Crippen LogP contribution in [-0.2, 0) is 14.4 Å². The van der Waals surface area contributed by atoms with Gasteiger partial charge in [0.25, 0.3) is 0 Å². The van der Waals surface area contributed by atoms with Crippen LogP contribution in [0.25, 0.3) is 0 Å². The summed E-state index contributed by atoms with van der Waals surface area (Å²) in [5.74, 6) is 1.99. The third-order valence-electron chi connectivity index (χ3n) is 4.42. The van der Waals surface area contributed by atoms with E-state index in [1.54, 1.807) is 6.92 Å². The molecule has 2 heterocycles. The normalized spacial score (nSPS) is 26.6. The first-order valence-corrected chi connectivity index (χ1v) is 9.28. The maximum Gasteiger partial charge on any atom is 0.220 e. The zero-order valence-electron chi connectivity index (χ0n) is 13.2. The molecule has 5 nitrogen and oxygen atoms in total. The van der Waals surface area contributed by atoms with Crippen molar-refractivity contribution >= 4 is 29.4 Å². The number of hydrogen-bond acceptors (Lipinski definition) is 4. The monoisotopic (exact) mass is 326 g/mol. The molecule has 0 radical (unpaired) electrons. The van der Waals surface area contributed by atoms with Crippen LogP contribution in [0.4, 0.5) is 0 Å². The smallest absolute Gasteiger partial charge is 0.220 e. The molecular formula is C16H26N2O3S. The molecule has 0 bridgehead atoms. The predicted molar refractivity (Wildman–Crippen MR) is 87.7 cm³/mol. The molecule has 2 N–H and O–H groups in total. The van der Waals surface area contributed by atoms with Crippen molar-refractivity contribution < 1.29 is 14.4 Å². The fourth-order valence-electron chi connectivity index (χ4n) is 3.22. The van der Waals surface area contributed by atoms with E-state index >= 15 is 0 Å². The van der Waals surface area contributed by atoms with Gasteiger partial charge in [-0.05, 0) is 26.2 Å². The highest BCUT2D eigenvalue weighted by Crippen LogP contribution is 2.40. The minimum atomic E-state index is 0.0817. The lowest BCUT2D eigenvalue weighted by atomic mass is 9.94. The summed E-state index contributed by atoms with van der Waals surface area (Å²) < 4.78 is 0. The fourth-order valence-corrected chi connectivity index (χ4v) is 4.87. The van der Waals surface area contributed by atoms with Gasteiger partial charge in [-0.25, -0.2) is 0 Å². The van der Waals surface area contributed by atoms with Crippen molar-refractivity contribution in [2.75, 3.05) is 12.3 Å². The van der Waals surface area contributed by atoms with Gasteiger partial charge in [-0.15, -0.1) is 0 Å². The maximum absolute atomic E-state index is 11.7. The number of nitrogens with one attached hydrogen (secondary N) is 2. The van der Waals surface area contributed by atoms with E-state index in [4.69, 9.17) is 0 Å². The van der Waals surface area contributed by atoms with Gasteiger partial charge < -0.3 is 15.4 Å². The second-order valence-electron chi connectivity index (χ2n) is 6.32. The van der Waals surface area contributed by atoms with E-state index in [0.29, 0.717) is 43.0 Å². The van der Waals surface area contributed by atoms with Crippen molar-refractivity contribution in [1.29, 1.82) is 0 Å². The van der Waals surface area contributed by atoms with Gasteiger partial charge in [0.05, 0.1) is 0 Å². The standard InChI is InChI=1S/C16H26N2O3S/c1-11(19)5-4-8-17-15(20)7-3-2-6-14-12-9-16(21)18-13(12)10-22-14/h12-14H,2-10H2,1H3,(H,17,20)(H,18,21)/t12-,13-,14-/m1/s1. The van der Waals surface area contributed by atoms with Gasteiger partial charge in [0, 0.05) is 48.8 Å². The van der Waals surface area contributed by atoms with Crippen LogP contribution in [0.15, 0.2) is 0 Å². The molecule has 2 amide bonds. The molecule has 2 fully saturated rings. The minimum absolute atomic E-state index is 0.0817. The quantitative estimate of drug-likeness (QED) is 0.632. The van der Waals surface area contributed by atoms with E-state index in [-0.39, 0.29) is 17.6 Å². The van der Waals surface area contributed by atoms with E-state index in [2.05, 4.69) is 10.6 Å². The molecule has 3 atom stereocenters. The second-order valence-corrected chi connectivity index (χ2v) is 7.59. The van der Waals surface area contributed by atoms with E-state index < -0.39 is 0 Å². The molecule has 2 aliphatic heterocycles. The van der Waals surface area contributed by atoms with Crippen LogP contribution in [0.3, 0.4) is 0 Å². The van der Waals surface area contributed by atoms with E-state index in [1.165, 1.54) is 0 Å². The molecule has 0 saturated carbocycles. The number of ketones is 1. The lowest BCUT2D eigenvalue weighted by Gasteiger charge is -2.15. The SMILES string of the molecule is CC(=O)CCCNC(=O)CCCC[C@H]1SC[C@H]2NC(=O)C[C@H]21. The van der Waals surface area contributed by atoms with Crippen molar-refractivity contribution in [3.05, 3.63) is 0 Å². The first-order valence-electron chi connectivity index (χ1n) is 8.23. The number of fused-ring (bicyclic) bond motifs is 1. The summed E-state index contributed by atoms with van der Waals surface area (Å²) in [6, 6.07) is 0.382. The zero-order chi connectivity index (χ0) is 15.9. The van der Waals surface area contributed by atoms with Crippen molar-refractivity contribution in [2.24, 2.45) is 5.92 Å². The van der Waals surface area contributed by atoms with Gasteiger partial charge in [-0.2, -0.15) is 11.8 Å². The molecule has 2 rings (SSSR count). The summed E-state index contributed by atoms with van der Waals surface area (Å²) in [7, 11) is 0. The summed E-state index contributed by atoms with van der Waals surface area (Å²) in [4.78, 5) is 33.8. The van der Waals surface area contributed by atoms with Crippen molar-refractivity contribution in [3.63, 3.8) is 0 Å². The average molecular weight is 326 g/mol. The number of hydrogen-bond donors (Lipinski definition) is 2. The van der Waals surface area contributed by atoms with Crippen molar-refractivity contribution in [1.82, 2.24) is 10.6 Å². The maximum atomic E-state index is 11.7. The Morgan fingerprint density at radius 2 is 2.09 bits per heavy atom. The summed E-state index contributed by atoms with van der Waals surface area (Å²) in [5, 5.41) is 6.47. The number of thioether (sulfide) groups is 1. The Bertz CT molecular complexity index is 428. The highest BCUT2D eigenvalue weighted by Gasteiger charge is 2.42. The van der Waals surface area contributed by atoms with Crippen LogP contribution in [-0.4, -0.2) is 41.2 Å². The third kappa shape index (κ3) is 5.30. The number of carbonyl (C=O) groups is 3. The Morgan fingerprint density at radius 1 is 1.27 bits per heavy atom. The molecule has 0 aliphatic carbocycles. The van der Waals surface area contributed by atoms with Gasteiger partial charge >= 0.3 is 0 Å². The van der Waals surface area contributed by atoms with E-state index in [9.17, 15) is 14.4 Å². The van der Waals surface area contributed by atoms with Crippen LogP contribution in [0, 0.1) is 5.92 Å². The molecule has 2 saturated heterocycles. The largest absolute Gasteiger partial charge is 0.356 e. The molecule has 0 unspecified atom stereocenters. The van der Waals surface area contributed by atoms with Gasteiger partial charge in [-0.3, -0.25) is 9.59 Å². The Hall–Kier alpha value is -1.04. The number of unbranched alkanes of at least 4 members (excludes halogenated alkanes) is 1.